The molecule has 0 saturated carbocycles. The fourth-order valence-corrected chi connectivity index (χ4v) is 2.22. The molecule has 1 aromatic carbocycles. The summed E-state index contributed by atoms with van der Waals surface area (Å²) in [7, 11) is 3.19. The second-order valence-electron chi connectivity index (χ2n) is 5.05. The average Bonchev–Trinajstić information content (AvgIpc) is 3.04. The highest BCUT2D eigenvalue weighted by atomic mass is 16.6. The third kappa shape index (κ3) is 3.69. The highest BCUT2D eigenvalue weighted by molar-refractivity contribution is 6.06. The first-order valence-corrected chi connectivity index (χ1v) is 7.42. The normalized spacial score (nSPS) is 16.7. The minimum absolute atomic E-state index is 0.130. The molecule has 0 bridgehead atoms. The number of carbonyl (C=O) groups is 1. The van der Waals surface area contributed by atoms with Crippen LogP contribution in [-0.4, -0.2) is 38.5 Å². The number of hydrogen-bond donors (Lipinski definition) is 1. The summed E-state index contributed by atoms with van der Waals surface area (Å²) in [6, 6.07) is 5.46. The maximum absolute atomic E-state index is 12.0. The lowest BCUT2D eigenvalue weighted by atomic mass is 10.0. The third-order valence-electron chi connectivity index (χ3n) is 3.51. The third-order valence-corrected chi connectivity index (χ3v) is 3.51. The molecule has 6 nitrogen and oxygen atoms in total. The number of rotatable bonds is 7. The summed E-state index contributed by atoms with van der Waals surface area (Å²) < 4.78 is 10.6. The van der Waals surface area contributed by atoms with E-state index in [2.05, 4.69) is 17.4 Å². The molecule has 0 aliphatic carbocycles. The van der Waals surface area contributed by atoms with Crippen molar-refractivity contribution < 1.29 is 19.1 Å². The number of nitrogens with one attached hydrogen (secondary N) is 1. The Morgan fingerprint density at radius 2 is 2.23 bits per heavy atom. The van der Waals surface area contributed by atoms with Gasteiger partial charge in [-0.1, -0.05) is 18.5 Å². The summed E-state index contributed by atoms with van der Waals surface area (Å²) in [5.41, 5.74) is 1.47. The van der Waals surface area contributed by atoms with Crippen molar-refractivity contribution in [2.45, 2.75) is 32.3 Å². The predicted octanol–water partition coefficient (Wildman–Crippen LogP) is 2.11. The van der Waals surface area contributed by atoms with E-state index >= 15 is 0 Å². The fourth-order valence-electron chi connectivity index (χ4n) is 2.22. The van der Waals surface area contributed by atoms with E-state index in [-0.39, 0.29) is 5.91 Å². The van der Waals surface area contributed by atoms with Crippen molar-refractivity contribution in [3.8, 4) is 11.5 Å². The van der Waals surface area contributed by atoms with Crippen LogP contribution < -0.4 is 14.8 Å². The SMILES string of the molecule is CCCCNC(=O)C1CC(c2cc(OC)ccc2OC)=NO1. The number of ether oxygens (including phenoxy) is 2. The maximum Gasteiger partial charge on any atom is 0.264 e. The van der Waals surface area contributed by atoms with Crippen LogP contribution in [0.2, 0.25) is 0 Å². The quantitative estimate of drug-likeness (QED) is 0.783. The topological polar surface area (TPSA) is 69.2 Å². The van der Waals surface area contributed by atoms with Crippen molar-refractivity contribution in [3.63, 3.8) is 0 Å². The standard InChI is InChI=1S/C16H22N2O4/c1-4-5-8-17-16(19)15-10-13(18-22-15)12-9-11(20-2)6-7-14(12)21-3/h6-7,9,15H,4-5,8,10H2,1-3H3,(H,17,19). The van der Waals surface area contributed by atoms with Crippen LogP contribution in [0.1, 0.15) is 31.7 Å². The first kappa shape index (κ1) is 16.1. The van der Waals surface area contributed by atoms with Gasteiger partial charge in [0.1, 0.15) is 11.5 Å². The number of oxime groups is 1. The van der Waals surface area contributed by atoms with Gasteiger partial charge in [-0.2, -0.15) is 0 Å². The number of carbonyl (C=O) groups excluding carboxylic acids is 1. The van der Waals surface area contributed by atoms with E-state index in [1.165, 1.54) is 0 Å². The average molecular weight is 306 g/mol. The van der Waals surface area contributed by atoms with Gasteiger partial charge in [0.05, 0.1) is 19.9 Å². The number of methoxy groups -OCH3 is 2. The van der Waals surface area contributed by atoms with Crippen molar-refractivity contribution in [2.75, 3.05) is 20.8 Å². The number of amides is 1. The minimum Gasteiger partial charge on any atom is -0.497 e. The zero-order valence-electron chi connectivity index (χ0n) is 13.2. The van der Waals surface area contributed by atoms with Crippen LogP contribution >= 0.6 is 0 Å². The molecule has 0 aromatic heterocycles. The lowest BCUT2D eigenvalue weighted by Gasteiger charge is -2.10. The van der Waals surface area contributed by atoms with Gasteiger partial charge in [0.2, 0.25) is 6.10 Å². The number of nitrogens with zero attached hydrogens (tertiary/aromatic N) is 1. The molecule has 1 unspecified atom stereocenters. The number of hydrogen-bond acceptors (Lipinski definition) is 5. The Labute approximate surface area is 130 Å². The zero-order valence-corrected chi connectivity index (χ0v) is 13.2. The monoisotopic (exact) mass is 306 g/mol. The Morgan fingerprint density at radius 1 is 1.41 bits per heavy atom. The molecule has 0 fully saturated rings. The van der Waals surface area contributed by atoms with Gasteiger partial charge in [-0.25, -0.2) is 0 Å². The molecule has 1 atom stereocenters. The van der Waals surface area contributed by atoms with E-state index in [1.807, 2.05) is 18.2 Å². The van der Waals surface area contributed by atoms with Gasteiger partial charge in [-0.3, -0.25) is 4.79 Å². The van der Waals surface area contributed by atoms with Crippen LogP contribution in [0.3, 0.4) is 0 Å². The first-order chi connectivity index (χ1) is 10.7. The Bertz CT molecular complexity index is 557. The van der Waals surface area contributed by atoms with Gasteiger partial charge in [-0.15, -0.1) is 0 Å². The highest BCUT2D eigenvalue weighted by Gasteiger charge is 2.30. The maximum atomic E-state index is 12.0. The van der Waals surface area contributed by atoms with E-state index < -0.39 is 6.10 Å². The van der Waals surface area contributed by atoms with Crippen LogP contribution in [-0.2, 0) is 9.63 Å². The molecule has 0 spiro atoms. The van der Waals surface area contributed by atoms with Crippen LogP contribution in [0.4, 0.5) is 0 Å². The molecular weight excluding hydrogens is 284 g/mol. The summed E-state index contributed by atoms with van der Waals surface area (Å²) >= 11 is 0. The first-order valence-electron chi connectivity index (χ1n) is 7.42. The Hall–Kier alpha value is -2.24. The van der Waals surface area contributed by atoms with E-state index in [4.69, 9.17) is 14.3 Å². The number of benzene rings is 1. The highest BCUT2D eigenvalue weighted by Crippen LogP contribution is 2.28. The van der Waals surface area contributed by atoms with Crippen LogP contribution in [0.5, 0.6) is 11.5 Å². The minimum atomic E-state index is -0.581. The molecule has 0 radical (unpaired) electrons. The molecule has 120 valence electrons. The van der Waals surface area contributed by atoms with Crippen molar-refractivity contribution in [3.05, 3.63) is 23.8 Å². The Balaban J connectivity index is 2.05. The Kier molecular flexibility index (Phi) is 5.63. The van der Waals surface area contributed by atoms with Gasteiger partial charge in [-0.05, 0) is 24.6 Å². The predicted molar refractivity (Wildman–Crippen MR) is 83.5 cm³/mol. The van der Waals surface area contributed by atoms with Crippen LogP contribution in [0.15, 0.2) is 23.4 Å². The number of unbranched alkanes of at least 4 members (excludes halogenated alkanes) is 1. The molecule has 1 aliphatic heterocycles. The van der Waals surface area contributed by atoms with E-state index in [0.29, 0.717) is 30.2 Å². The van der Waals surface area contributed by atoms with Crippen molar-refractivity contribution in [2.24, 2.45) is 5.16 Å². The molecule has 1 aliphatic rings. The van der Waals surface area contributed by atoms with Gasteiger partial charge in [0.15, 0.2) is 0 Å². The molecular formula is C16H22N2O4. The molecule has 2 rings (SSSR count). The van der Waals surface area contributed by atoms with E-state index in [0.717, 1.165) is 18.4 Å². The summed E-state index contributed by atoms with van der Waals surface area (Å²) in [6.45, 7) is 2.74. The largest absolute Gasteiger partial charge is 0.497 e. The van der Waals surface area contributed by atoms with E-state index in [1.54, 1.807) is 14.2 Å². The van der Waals surface area contributed by atoms with Crippen molar-refractivity contribution >= 4 is 11.6 Å². The van der Waals surface area contributed by atoms with Gasteiger partial charge in [0.25, 0.3) is 5.91 Å². The molecule has 22 heavy (non-hydrogen) atoms. The molecule has 6 heteroatoms. The second-order valence-corrected chi connectivity index (χ2v) is 5.05. The van der Waals surface area contributed by atoms with Gasteiger partial charge in [0, 0.05) is 18.5 Å². The Morgan fingerprint density at radius 3 is 2.91 bits per heavy atom. The van der Waals surface area contributed by atoms with Crippen molar-refractivity contribution in [1.29, 1.82) is 0 Å². The van der Waals surface area contributed by atoms with Gasteiger partial charge < -0.3 is 19.6 Å². The second kappa shape index (κ2) is 7.68. The molecule has 1 N–H and O–H groups in total. The summed E-state index contributed by atoms with van der Waals surface area (Å²) in [5, 5.41) is 6.90. The molecule has 0 saturated heterocycles. The molecule has 1 aromatic rings. The molecule has 1 heterocycles. The summed E-state index contributed by atoms with van der Waals surface area (Å²) in [4.78, 5) is 17.3. The zero-order chi connectivity index (χ0) is 15.9. The smallest absolute Gasteiger partial charge is 0.264 e. The fraction of sp³-hybridized carbons (Fsp3) is 0.500. The lowest BCUT2D eigenvalue weighted by molar-refractivity contribution is -0.131. The van der Waals surface area contributed by atoms with Gasteiger partial charge >= 0.3 is 0 Å². The molecule has 1 amide bonds. The van der Waals surface area contributed by atoms with Crippen LogP contribution in [0.25, 0.3) is 0 Å². The van der Waals surface area contributed by atoms with E-state index in [9.17, 15) is 4.79 Å². The lowest BCUT2D eigenvalue weighted by Crippen LogP contribution is -2.35. The summed E-state index contributed by atoms with van der Waals surface area (Å²) in [6.07, 6.45) is 1.83. The van der Waals surface area contributed by atoms with Crippen molar-refractivity contribution in [1.82, 2.24) is 5.32 Å². The van der Waals surface area contributed by atoms with Crippen LogP contribution in [0, 0.1) is 0 Å². The summed E-state index contributed by atoms with van der Waals surface area (Å²) in [5.74, 6) is 1.25.